The Bertz CT molecular complexity index is 1200. The molecule has 31 heavy (non-hydrogen) atoms. The summed E-state index contributed by atoms with van der Waals surface area (Å²) in [5, 5.41) is 25.2. The Balaban J connectivity index is 1.52. The average molecular weight is 418 g/mol. The van der Waals surface area contributed by atoms with Gasteiger partial charge in [0.25, 0.3) is 5.69 Å². The fourth-order valence-electron chi connectivity index (χ4n) is 3.08. The van der Waals surface area contributed by atoms with Crippen molar-refractivity contribution in [3.8, 4) is 39.7 Å². The molecule has 0 aliphatic heterocycles. The summed E-state index contributed by atoms with van der Waals surface area (Å²) in [6.45, 7) is 0.205. The Morgan fingerprint density at radius 2 is 1.71 bits per heavy atom. The zero-order chi connectivity index (χ0) is 21.8. The monoisotopic (exact) mass is 418 g/mol. The fraction of sp³-hybridized carbons (Fsp3) is 0.0870. The number of nitro benzene ring substituents is 1. The van der Waals surface area contributed by atoms with Gasteiger partial charge in [0.2, 0.25) is 0 Å². The van der Waals surface area contributed by atoms with Gasteiger partial charge in [0, 0.05) is 23.8 Å². The first-order valence-corrected chi connectivity index (χ1v) is 9.34. The first-order valence-electron chi connectivity index (χ1n) is 9.34. The van der Waals surface area contributed by atoms with Crippen molar-refractivity contribution in [2.45, 2.75) is 6.61 Å². The molecule has 8 nitrogen and oxygen atoms in total. The largest absolute Gasteiger partial charge is 0.507 e. The van der Waals surface area contributed by atoms with Gasteiger partial charge in [-0.1, -0.05) is 17.3 Å². The molecule has 0 radical (unpaired) electrons. The molecule has 1 aromatic heterocycles. The van der Waals surface area contributed by atoms with E-state index in [9.17, 15) is 15.2 Å². The number of benzene rings is 3. The highest BCUT2D eigenvalue weighted by Gasteiger charge is 2.17. The van der Waals surface area contributed by atoms with E-state index in [0.717, 1.165) is 22.4 Å². The molecule has 0 atom stereocenters. The summed E-state index contributed by atoms with van der Waals surface area (Å²) in [6.07, 6.45) is 1.59. The van der Waals surface area contributed by atoms with Gasteiger partial charge in [-0.3, -0.25) is 10.1 Å². The van der Waals surface area contributed by atoms with Crippen molar-refractivity contribution in [3.63, 3.8) is 0 Å². The fourth-order valence-corrected chi connectivity index (χ4v) is 3.08. The second-order valence-electron chi connectivity index (χ2n) is 6.69. The van der Waals surface area contributed by atoms with E-state index in [0.29, 0.717) is 17.1 Å². The van der Waals surface area contributed by atoms with Gasteiger partial charge >= 0.3 is 0 Å². The average Bonchev–Trinajstić information content (AvgIpc) is 3.27. The minimum atomic E-state index is -0.453. The van der Waals surface area contributed by atoms with E-state index in [2.05, 4.69) is 5.16 Å². The maximum atomic E-state index is 10.7. The second-order valence-corrected chi connectivity index (χ2v) is 6.69. The summed E-state index contributed by atoms with van der Waals surface area (Å²) < 4.78 is 16.3. The maximum absolute atomic E-state index is 10.7. The van der Waals surface area contributed by atoms with Gasteiger partial charge in [-0.05, 0) is 47.5 Å². The van der Waals surface area contributed by atoms with E-state index >= 15 is 0 Å². The molecule has 8 heteroatoms. The Labute approximate surface area is 177 Å². The molecule has 3 aromatic carbocycles. The van der Waals surface area contributed by atoms with E-state index < -0.39 is 4.92 Å². The number of phenolic OH excluding ortho intramolecular Hbond substituents is 1. The van der Waals surface area contributed by atoms with Gasteiger partial charge in [-0.25, -0.2) is 0 Å². The lowest BCUT2D eigenvalue weighted by Crippen LogP contribution is -1.96. The lowest BCUT2D eigenvalue weighted by Gasteiger charge is -2.09. The highest BCUT2D eigenvalue weighted by molar-refractivity contribution is 5.82. The molecule has 1 N–H and O–H groups in total. The van der Waals surface area contributed by atoms with Crippen molar-refractivity contribution in [3.05, 3.63) is 88.6 Å². The summed E-state index contributed by atoms with van der Waals surface area (Å²) in [4.78, 5) is 10.3. The van der Waals surface area contributed by atoms with Gasteiger partial charge in [0.15, 0.2) is 5.76 Å². The lowest BCUT2D eigenvalue weighted by molar-refractivity contribution is -0.384. The van der Waals surface area contributed by atoms with Crippen LogP contribution in [0.15, 0.2) is 77.4 Å². The zero-order valence-corrected chi connectivity index (χ0v) is 16.5. The molecule has 0 saturated heterocycles. The topological polar surface area (TPSA) is 108 Å². The van der Waals surface area contributed by atoms with Crippen molar-refractivity contribution in [1.29, 1.82) is 0 Å². The summed E-state index contributed by atoms with van der Waals surface area (Å²) in [5.74, 6) is 1.60. The molecule has 1 heterocycles. The van der Waals surface area contributed by atoms with Gasteiger partial charge < -0.3 is 19.1 Å². The van der Waals surface area contributed by atoms with Crippen LogP contribution in [0, 0.1) is 10.1 Å². The Morgan fingerprint density at radius 3 is 2.35 bits per heavy atom. The molecular formula is C23H18N2O6. The predicted molar refractivity (Wildman–Crippen MR) is 113 cm³/mol. The first kappa shape index (κ1) is 20.0. The number of aromatic nitrogens is 1. The van der Waals surface area contributed by atoms with E-state index in [1.165, 1.54) is 18.2 Å². The molecule has 0 aliphatic rings. The Kier molecular flexibility index (Phi) is 5.53. The van der Waals surface area contributed by atoms with Crippen LogP contribution in [-0.4, -0.2) is 22.3 Å². The molecule has 0 saturated carbocycles. The van der Waals surface area contributed by atoms with Crippen LogP contribution < -0.4 is 9.47 Å². The maximum Gasteiger partial charge on any atom is 0.269 e. The van der Waals surface area contributed by atoms with E-state index in [1.54, 1.807) is 37.6 Å². The zero-order valence-electron chi connectivity index (χ0n) is 16.5. The van der Waals surface area contributed by atoms with Crippen molar-refractivity contribution >= 4 is 5.69 Å². The highest BCUT2D eigenvalue weighted by Crippen LogP contribution is 2.38. The number of ether oxygens (including phenoxy) is 2. The van der Waals surface area contributed by atoms with Crippen LogP contribution in [0.25, 0.3) is 22.5 Å². The molecule has 0 unspecified atom stereocenters. The normalized spacial score (nSPS) is 10.6. The van der Waals surface area contributed by atoms with E-state index in [-0.39, 0.29) is 18.0 Å². The standard InChI is InChI=1S/C23H18N2O6/c1-29-18-8-4-16(5-9-18)21-13-24-31-23(21)20-11-10-19(12-22(20)26)30-14-15-2-6-17(7-3-15)25(27)28/h2-13,26H,14H2,1H3. The molecule has 0 bridgehead atoms. The Hall–Kier alpha value is -4.33. The first-order chi connectivity index (χ1) is 15.0. The van der Waals surface area contributed by atoms with E-state index in [4.69, 9.17) is 14.0 Å². The number of hydrogen-bond acceptors (Lipinski definition) is 7. The summed E-state index contributed by atoms with van der Waals surface area (Å²) in [5.41, 5.74) is 2.87. The number of rotatable bonds is 7. The molecule has 4 aromatic rings. The highest BCUT2D eigenvalue weighted by atomic mass is 16.6. The number of aromatic hydroxyl groups is 1. The molecule has 0 spiro atoms. The SMILES string of the molecule is COc1ccc(-c2cnoc2-c2ccc(OCc3ccc([N+](=O)[O-])cc3)cc2O)cc1. The molecule has 0 fully saturated rings. The number of nitrogens with zero attached hydrogens (tertiary/aromatic N) is 2. The molecule has 156 valence electrons. The lowest BCUT2D eigenvalue weighted by atomic mass is 10.0. The van der Waals surface area contributed by atoms with Crippen LogP contribution in [0.4, 0.5) is 5.69 Å². The van der Waals surface area contributed by atoms with Crippen LogP contribution >= 0.6 is 0 Å². The van der Waals surface area contributed by atoms with Crippen LogP contribution in [0.1, 0.15) is 5.56 Å². The third kappa shape index (κ3) is 4.32. The minimum Gasteiger partial charge on any atom is -0.507 e. The molecule has 4 rings (SSSR count). The van der Waals surface area contributed by atoms with Crippen molar-refractivity contribution in [2.24, 2.45) is 0 Å². The van der Waals surface area contributed by atoms with Crippen LogP contribution in [-0.2, 0) is 6.61 Å². The predicted octanol–water partition coefficient (Wildman–Crippen LogP) is 5.21. The van der Waals surface area contributed by atoms with Gasteiger partial charge in [-0.15, -0.1) is 0 Å². The van der Waals surface area contributed by atoms with Crippen LogP contribution in [0.2, 0.25) is 0 Å². The quantitative estimate of drug-likeness (QED) is 0.324. The van der Waals surface area contributed by atoms with Crippen molar-refractivity contribution in [1.82, 2.24) is 5.16 Å². The van der Waals surface area contributed by atoms with Crippen LogP contribution in [0.5, 0.6) is 17.2 Å². The molecular weight excluding hydrogens is 400 g/mol. The molecule has 0 amide bonds. The molecule has 0 aliphatic carbocycles. The minimum absolute atomic E-state index is 0.0190. The van der Waals surface area contributed by atoms with Crippen LogP contribution in [0.3, 0.4) is 0 Å². The summed E-state index contributed by atoms with van der Waals surface area (Å²) in [7, 11) is 1.60. The van der Waals surface area contributed by atoms with Crippen molar-refractivity contribution in [2.75, 3.05) is 7.11 Å². The number of methoxy groups -OCH3 is 1. The third-order valence-electron chi connectivity index (χ3n) is 4.74. The number of non-ortho nitro benzene ring substituents is 1. The van der Waals surface area contributed by atoms with Gasteiger partial charge in [-0.2, -0.15) is 0 Å². The van der Waals surface area contributed by atoms with Crippen molar-refractivity contribution < 1.29 is 24.0 Å². The summed E-state index contributed by atoms with van der Waals surface area (Å²) >= 11 is 0. The van der Waals surface area contributed by atoms with Gasteiger partial charge in [0.05, 0.1) is 23.8 Å². The smallest absolute Gasteiger partial charge is 0.269 e. The number of hydrogen-bond donors (Lipinski definition) is 1. The second kappa shape index (κ2) is 8.58. The van der Waals surface area contributed by atoms with Gasteiger partial charge in [0.1, 0.15) is 23.9 Å². The van der Waals surface area contributed by atoms with E-state index in [1.807, 2.05) is 24.3 Å². The Morgan fingerprint density at radius 1 is 1.00 bits per heavy atom. The summed E-state index contributed by atoms with van der Waals surface area (Å²) in [6, 6.07) is 18.4. The third-order valence-corrected chi connectivity index (χ3v) is 4.74. The number of phenols is 1. The number of nitro groups is 1.